The molecular formula is C14H8ClF3O2. The molecular weight excluding hydrogens is 293 g/mol. The van der Waals surface area contributed by atoms with Crippen LogP contribution in [-0.2, 0) is 0 Å². The van der Waals surface area contributed by atoms with Crippen LogP contribution in [0.15, 0.2) is 30.3 Å². The zero-order chi connectivity index (χ0) is 14.9. The molecule has 2 aromatic carbocycles. The van der Waals surface area contributed by atoms with Gasteiger partial charge in [0.25, 0.3) is 0 Å². The van der Waals surface area contributed by atoms with E-state index in [1.54, 1.807) is 0 Å². The highest BCUT2D eigenvalue weighted by Crippen LogP contribution is 2.27. The van der Waals surface area contributed by atoms with Gasteiger partial charge in [0.15, 0.2) is 0 Å². The van der Waals surface area contributed by atoms with Gasteiger partial charge >= 0.3 is 0 Å². The summed E-state index contributed by atoms with van der Waals surface area (Å²) < 4.78 is 45.0. The average Bonchev–Trinajstić information content (AvgIpc) is 2.37. The molecule has 6 heteroatoms. The molecule has 0 amide bonds. The molecule has 0 aromatic heterocycles. The maximum absolute atomic E-state index is 13.6. The average molecular weight is 301 g/mol. The van der Waals surface area contributed by atoms with Crippen molar-refractivity contribution in [1.29, 1.82) is 0 Å². The Morgan fingerprint density at radius 1 is 1.10 bits per heavy atom. The summed E-state index contributed by atoms with van der Waals surface area (Å²) >= 11 is 5.75. The van der Waals surface area contributed by atoms with Crippen molar-refractivity contribution in [1.82, 2.24) is 0 Å². The van der Waals surface area contributed by atoms with Crippen molar-refractivity contribution < 1.29 is 22.7 Å². The van der Waals surface area contributed by atoms with Crippen LogP contribution in [0.1, 0.15) is 15.9 Å². The first-order valence-electron chi connectivity index (χ1n) is 5.47. The van der Waals surface area contributed by atoms with Gasteiger partial charge in [-0.3, -0.25) is 4.79 Å². The van der Waals surface area contributed by atoms with Crippen LogP contribution < -0.4 is 4.74 Å². The third kappa shape index (κ3) is 2.63. The Balaban J connectivity index is 2.60. The van der Waals surface area contributed by atoms with Crippen LogP contribution in [0.25, 0.3) is 0 Å². The molecule has 0 spiro atoms. The summed E-state index contributed by atoms with van der Waals surface area (Å²) in [4.78, 5) is 12.2. The smallest absolute Gasteiger partial charge is 0.202 e. The largest absolute Gasteiger partial charge is 0.496 e. The fraction of sp³-hybridized carbons (Fsp3) is 0.0714. The second kappa shape index (κ2) is 5.54. The molecule has 104 valence electrons. The van der Waals surface area contributed by atoms with E-state index in [9.17, 15) is 18.0 Å². The molecule has 2 rings (SSSR count). The molecule has 0 heterocycles. The molecule has 0 aliphatic heterocycles. The van der Waals surface area contributed by atoms with Gasteiger partial charge < -0.3 is 4.74 Å². The lowest BCUT2D eigenvalue weighted by Gasteiger charge is -2.09. The lowest BCUT2D eigenvalue weighted by atomic mass is 10.0. The number of carbonyl (C=O) groups is 1. The van der Waals surface area contributed by atoms with Crippen molar-refractivity contribution in [3.05, 3.63) is 63.9 Å². The summed E-state index contributed by atoms with van der Waals surface area (Å²) in [6, 6.07) is 4.97. The SMILES string of the molecule is COc1ccc(Cl)cc1C(=O)c1c(F)cc(F)cc1F. The Morgan fingerprint density at radius 3 is 2.25 bits per heavy atom. The van der Waals surface area contributed by atoms with Crippen molar-refractivity contribution in [2.45, 2.75) is 0 Å². The number of halogens is 4. The number of ketones is 1. The molecule has 0 unspecified atom stereocenters. The van der Waals surface area contributed by atoms with Crippen LogP contribution in [0.5, 0.6) is 5.75 Å². The van der Waals surface area contributed by atoms with Crippen molar-refractivity contribution in [2.75, 3.05) is 7.11 Å². The summed E-state index contributed by atoms with van der Waals surface area (Å²) in [5.41, 5.74) is -0.962. The van der Waals surface area contributed by atoms with Crippen LogP contribution in [-0.4, -0.2) is 12.9 Å². The fourth-order valence-corrected chi connectivity index (χ4v) is 1.92. The molecule has 0 N–H and O–H groups in total. The quantitative estimate of drug-likeness (QED) is 0.801. The Labute approximate surface area is 117 Å². The fourth-order valence-electron chi connectivity index (χ4n) is 1.75. The third-order valence-corrected chi connectivity index (χ3v) is 2.88. The first-order valence-corrected chi connectivity index (χ1v) is 5.84. The zero-order valence-corrected chi connectivity index (χ0v) is 11.0. The normalized spacial score (nSPS) is 10.4. The summed E-state index contributed by atoms with van der Waals surface area (Å²) in [7, 11) is 1.30. The van der Waals surface area contributed by atoms with E-state index in [0.717, 1.165) is 0 Å². The molecule has 0 radical (unpaired) electrons. The molecule has 0 atom stereocenters. The van der Waals surface area contributed by atoms with E-state index in [-0.39, 0.29) is 16.3 Å². The predicted octanol–water partition coefficient (Wildman–Crippen LogP) is 4.00. The van der Waals surface area contributed by atoms with E-state index >= 15 is 0 Å². The van der Waals surface area contributed by atoms with Crippen LogP contribution >= 0.6 is 11.6 Å². The molecule has 2 aromatic rings. The van der Waals surface area contributed by atoms with E-state index in [4.69, 9.17) is 16.3 Å². The van der Waals surface area contributed by atoms with E-state index < -0.39 is 28.8 Å². The first-order chi connectivity index (χ1) is 9.43. The van der Waals surface area contributed by atoms with Crippen molar-refractivity contribution in [2.24, 2.45) is 0 Å². The Morgan fingerprint density at radius 2 is 1.70 bits per heavy atom. The lowest BCUT2D eigenvalue weighted by Crippen LogP contribution is -2.09. The number of hydrogen-bond donors (Lipinski definition) is 0. The molecule has 20 heavy (non-hydrogen) atoms. The summed E-state index contributed by atoms with van der Waals surface area (Å²) in [6.45, 7) is 0. The Bertz CT molecular complexity index is 663. The monoisotopic (exact) mass is 300 g/mol. The van der Waals surface area contributed by atoms with E-state index in [0.29, 0.717) is 12.1 Å². The molecule has 0 saturated heterocycles. The van der Waals surface area contributed by atoms with Crippen molar-refractivity contribution in [3.63, 3.8) is 0 Å². The number of ether oxygens (including phenoxy) is 1. The van der Waals surface area contributed by atoms with E-state index in [1.807, 2.05) is 0 Å². The highest BCUT2D eigenvalue weighted by atomic mass is 35.5. The number of rotatable bonds is 3. The van der Waals surface area contributed by atoms with Gasteiger partial charge in [0.05, 0.1) is 18.2 Å². The van der Waals surface area contributed by atoms with Gasteiger partial charge in [-0.1, -0.05) is 11.6 Å². The van der Waals surface area contributed by atoms with Gasteiger partial charge in [0, 0.05) is 17.2 Å². The minimum atomic E-state index is -1.28. The van der Waals surface area contributed by atoms with Crippen molar-refractivity contribution in [3.8, 4) is 5.75 Å². The standard InChI is InChI=1S/C14H8ClF3O2/c1-20-12-3-2-7(15)4-9(12)14(19)13-10(17)5-8(16)6-11(13)18/h2-6H,1H3. The maximum atomic E-state index is 13.6. The molecule has 0 bridgehead atoms. The Kier molecular flexibility index (Phi) is 3.99. The van der Waals surface area contributed by atoms with Crippen LogP contribution in [0, 0.1) is 17.5 Å². The maximum Gasteiger partial charge on any atom is 0.202 e. The third-order valence-electron chi connectivity index (χ3n) is 2.64. The summed E-state index contributed by atoms with van der Waals surface area (Å²) in [5.74, 6) is -4.53. The molecule has 0 aliphatic rings. The number of methoxy groups -OCH3 is 1. The number of benzene rings is 2. The zero-order valence-electron chi connectivity index (χ0n) is 10.2. The molecule has 0 fully saturated rings. The lowest BCUT2D eigenvalue weighted by molar-refractivity contribution is 0.102. The van der Waals surface area contributed by atoms with Gasteiger partial charge in [-0.15, -0.1) is 0 Å². The molecule has 0 aliphatic carbocycles. The van der Waals surface area contributed by atoms with Crippen LogP contribution in [0.2, 0.25) is 5.02 Å². The van der Waals surface area contributed by atoms with Crippen LogP contribution in [0.3, 0.4) is 0 Å². The highest BCUT2D eigenvalue weighted by molar-refractivity contribution is 6.31. The highest BCUT2D eigenvalue weighted by Gasteiger charge is 2.23. The number of hydrogen-bond acceptors (Lipinski definition) is 2. The number of carbonyl (C=O) groups excluding carboxylic acids is 1. The van der Waals surface area contributed by atoms with E-state index in [1.165, 1.54) is 25.3 Å². The Hall–Kier alpha value is -2.01. The van der Waals surface area contributed by atoms with Crippen molar-refractivity contribution >= 4 is 17.4 Å². The second-order valence-corrected chi connectivity index (χ2v) is 4.35. The van der Waals surface area contributed by atoms with Gasteiger partial charge in [-0.2, -0.15) is 0 Å². The van der Waals surface area contributed by atoms with Gasteiger partial charge in [0.2, 0.25) is 5.78 Å². The summed E-state index contributed by atoms with van der Waals surface area (Å²) in [6.07, 6.45) is 0. The van der Waals surface area contributed by atoms with Gasteiger partial charge in [-0.25, -0.2) is 13.2 Å². The molecule has 0 saturated carbocycles. The minimum Gasteiger partial charge on any atom is -0.496 e. The predicted molar refractivity (Wildman–Crippen MR) is 67.8 cm³/mol. The minimum absolute atomic E-state index is 0.107. The van der Waals surface area contributed by atoms with Crippen LogP contribution in [0.4, 0.5) is 13.2 Å². The topological polar surface area (TPSA) is 26.3 Å². The second-order valence-electron chi connectivity index (χ2n) is 3.92. The summed E-state index contributed by atoms with van der Waals surface area (Å²) in [5, 5.41) is 0.206. The van der Waals surface area contributed by atoms with Gasteiger partial charge in [-0.05, 0) is 18.2 Å². The van der Waals surface area contributed by atoms with Gasteiger partial charge in [0.1, 0.15) is 23.2 Å². The molecule has 2 nitrogen and oxygen atoms in total. The first kappa shape index (κ1) is 14.4. The van der Waals surface area contributed by atoms with E-state index in [2.05, 4.69) is 0 Å².